The van der Waals surface area contributed by atoms with Crippen LogP contribution in [0.2, 0.25) is 0 Å². The van der Waals surface area contributed by atoms with Crippen molar-refractivity contribution in [1.29, 1.82) is 0 Å². The number of rotatable bonds is 1. The Morgan fingerprint density at radius 2 is 1.38 bits per heavy atom. The van der Waals surface area contributed by atoms with Crippen LogP contribution in [0.4, 0.5) is 17.3 Å². The third-order valence-electron chi connectivity index (χ3n) is 2.85. The molecule has 2 aromatic carbocycles. The van der Waals surface area contributed by atoms with Crippen LogP contribution in [0, 0.1) is 0 Å². The number of aromatic nitrogens is 1. The van der Waals surface area contributed by atoms with Crippen LogP contribution >= 0.6 is 0 Å². The van der Waals surface area contributed by atoms with Gasteiger partial charge in [0.2, 0.25) is 6.20 Å². The summed E-state index contributed by atoms with van der Waals surface area (Å²) in [5, 5.41) is 3.65. The van der Waals surface area contributed by atoms with Crippen LogP contribution in [-0.4, -0.2) is 14.4 Å². The number of halogens is 4. The van der Waals surface area contributed by atoms with Crippen molar-refractivity contribution < 1.29 is 26.8 Å². The highest BCUT2D eigenvalue weighted by atomic mass is 19.5. The van der Waals surface area contributed by atoms with Crippen LogP contribution in [-0.2, 0) is 0 Å². The van der Waals surface area contributed by atoms with Gasteiger partial charge in [-0.3, -0.25) is 4.84 Å². The van der Waals surface area contributed by atoms with E-state index < -0.39 is 7.25 Å². The minimum atomic E-state index is -6.00. The average Bonchev–Trinajstić information content (AvgIpc) is 2.44. The summed E-state index contributed by atoms with van der Waals surface area (Å²) in [6.07, 6.45) is 2.01. The first kappa shape index (κ1) is 15.1. The summed E-state index contributed by atoms with van der Waals surface area (Å²) in [6, 6.07) is 16.6. The molecule has 0 atom stereocenters. The van der Waals surface area contributed by atoms with Gasteiger partial charge >= 0.3 is 7.25 Å². The predicted octanol–water partition coefficient (Wildman–Crippen LogP) is 3.64. The topological polar surface area (TPSA) is 13.1 Å². The summed E-state index contributed by atoms with van der Waals surface area (Å²) in [7, 11) is -4.32. The van der Waals surface area contributed by atoms with Gasteiger partial charge in [-0.2, -0.15) is 0 Å². The van der Waals surface area contributed by atoms with Crippen molar-refractivity contribution >= 4 is 28.9 Å². The van der Waals surface area contributed by atoms with Crippen LogP contribution < -0.4 is 9.57 Å². The van der Waals surface area contributed by atoms with Gasteiger partial charge < -0.3 is 17.3 Å². The Balaban J connectivity index is 0.000000282. The largest absolute Gasteiger partial charge is 0.673 e. The number of pyridine rings is 1. The SMILES string of the molecule is CO[n+]1cc2ccccc2c2ccccc21.F[B-](F)(F)F. The van der Waals surface area contributed by atoms with Crippen molar-refractivity contribution in [2.45, 2.75) is 0 Å². The zero-order chi connectivity index (χ0) is 15.5. The van der Waals surface area contributed by atoms with Crippen molar-refractivity contribution in [2.24, 2.45) is 0 Å². The highest BCUT2D eigenvalue weighted by molar-refractivity contribution is 6.50. The first-order chi connectivity index (χ1) is 9.90. The molecule has 0 spiro atoms. The van der Waals surface area contributed by atoms with Gasteiger partial charge in [0.15, 0.2) is 0 Å². The number of nitrogens with zero attached hydrogens (tertiary/aromatic N) is 1. The van der Waals surface area contributed by atoms with E-state index in [4.69, 9.17) is 4.84 Å². The fourth-order valence-electron chi connectivity index (χ4n) is 2.10. The van der Waals surface area contributed by atoms with Crippen LogP contribution in [0.25, 0.3) is 21.7 Å². The molecular formula is C14H12BF4NO. The van der Waals surface area contributed by atoms with E-state index in [1.165, 1.54) is 16.2 Å². The van der Waals surface area contributed by atoms with Gasteiger partial charge in [0.1, 0.15) is 7.11 Å². The van der Waals surface area contributed by atoms with Gasteiger partial charge in [-0.05, 0) is 12.1 Å². The molecule has 2 nitrogen and oxygen atoms in total. The first-order valence-electron chi connectivity index (χ1n) is 6.14. The summed E-state index contributed by atoms with van der Waals surface area (Å²) in [4.78, 5) is 5.35. The molecule has 0 radical (unpaired) electrons. The van der Waals surface area contributed by atoms with Crippen LogP contribution in [0.1, 0.15) is 0 Å². The molecule has 7 heteroatoms. The van der Waals surface area contributed by atoms with Crippen molar-refractivity contribution in [2.75, 3.05) is 7.11 Å². The fraction of sp³-hybridized carbons (Fsp3) is 0.0714. The molecule has 1 aromatic heterocycles. The molecule has 3 rings (SSSR count). The van der Waals surface area contributed by atoms with Crippen LogP contribution in [0.15, 0.2) is 54.7 Å². The Morgan fingerprint density at radius 1 is 0.857 bits per heavy atom. The zero-order valence-electron chi connectivity index (χ0n) is 11.1. The maximum atomic E-state index is 9.75. The molecule has 0 aliphatic rings. The molecule has 0 amide bonds. The summed E-state index contributed by atoms with van der Waals surface area (Å²) in [6.45, 7) is 0. The Kier molecular flexibility index (Phi) is 4.30. The number of para-hydroxylation sites is 1. The number of benzene rings is 2. The molecule has 3 aromatic rings. The lowest BCUT2D eigenvalue weighted by molar-refractivity contribution is -0.864. The second-order valence-electron chi connectivity index (χ2n) is 4.24. The van der Waals surface area contributed by atoms with Crippen LogP contribution in [0.5, 0.6) is 0 Å². The summed E-state index contributed by atoms with van der Waals surface area (Å²) in [5.41, 5.74) is 1.09. The van der Waals surface area contributed by atoms with Gasteiger partial charge in [-0.25, -0.2) is 0 Å². The molecule has 0 saturated carbocycles. The highest BCUT2D eigenvalue weighted by Gasteiger charge is 2.20. The van der Waals surface area contributed by atoms with Gasteiger partial charge in [0.05, 0.1) is 10.8 Å². The molecule has 0 N–H and O–H groups in total. The molecule has 0 unspecified atom stereocenters. The molecule has 0 aliphatic carbocycles. The number of hydrogen-bond acceptors (Lipinski definition) is 1. The highest BCUT2D eigenvalue weighted by Crippen LogP contribution is 2.21. The molecule has 0 bridgehead atoms. The molecule has 0 saturated heterocycles. The summed E-state index contributed by atoms with van der Waals surface area (Å²) >= 11 is 0. The molecule has 1 heterocycles. The lowest BCUT2D eigenvalue weighted by atomic mass is 10.1. The summed E-state index contributed by atoms with van der Waals surface area (Å²) in [5.74, 6) is 0. The molecule has 0 fully saturated rings. The van der Waals surface area contributed by atoms with E-state index in [9.17, 15) is 17.3 Å². The van der Waals surface area contributed by atoms with E-state index in [0.717, 1.165) is 5.52 Å². The Hall–Kier alpha value is -2.31. The maximum absolute atomic E-state index is 9.75. The zero-order valence-corrected chi connectivity index (χ0v) is 11.1. The van der Waals surface area contributed by atoms with Gasteiger partial charge in [-0.1, -0.05) is 30.3 Å². The lowest BCUT2D eigenvalue weighted by Crippen LogP contribution is -2.40. The first-order valence-corrected chi connectivity index (χ1v) is 6.14. The normalized spacial score (nSPS) is 11.1. The Labute approximate surface area is 118 Å². The van der Waals surface area contributed by atoms with Gasteiger partial charge in [0, 0.05) is 16.2 Å². The van der Waals surface area contributed by atoms with E-state index in [1.54, 1.807) is 11.8 Å². The van der Waals surface area contributed by atoms with E-state index in [1.807, 2.05) is 18.3 Å². The van der Waals surface area contributed by atoms with Gasteiger partial charge in [0.25, 0.3) is 5.52 Å². The van der Waals surface area contributed by atoms with Crippen molar-refractivity contribution in [3.05, 3.63) is 54.7 Å². The van der Waals surface area contributed by atoms with E-state index in [0.29, 0.717) is 0 Å². The molecule has 0 aliphatic heterocycles. The standard InChI is InChI=1S/C14H12NO.BF4/c1-16-15-10-11-6-2-3-7-12(11)13-8-4-5-9-14(13)15;2-1(3,4)5/h2-10H,1H3;/q+1;-1. The third kappa shape index (κ3) is 3.84. The van der Waals surface area contributed by atoms with Crippen molar-refractivity contribution in [1.82, 2.24) is 0 Å². The summed E-state index contributed by atoms with van der Waals surface area (Å²) < 4.78 is 40.8. The minimum absolute atomic E-state index is 1.09. The second kappa shape index (κ2) is 5.99. The van der Waals surface area contributed by atoms with E-state index in [2.05, 4.69) is 36.4 Å². The molecular weight excluding hydrogens is 285 g/mol. The molecule has 110 valence electrons. The van der Waals surface area contributed by atoms with E-state index in [-0.39, 0.29) is 0 Å². The quantitative estimate of drug-likeness (QED) is 0.289. The Morgan fingerprint density at radius 3 is 2.00 bits per heavy atom. The number of fused-ring (bicyclic) bond motifs is 3. The van der Waals surface area contributed by atoms with Crippen molar-refractivity contribution in [3.63, 3.8) is 0 Å². The predicted molar refractivity (Wildman–Crippen MR) is 74.3 cm³/mol. The third-order valence-corrected chi connectivity index (χ3v) is 2.85. The Bertz CT molecular complexity index is 755. The maximum Gasteiger partial charge on any atom is 0.673 e. The minimum Gasteiger partial charge on any atom is -0.418 e. The van der Waals surface area contributed by atoms with Crippen molar-refractivity contribution in [3.8, 4) is 0 Å². The fourth-order valence-corrected chi connectivity index (χ4v) is 2.10. The van der Waals surface area contributed by atoms with E-state index >= 15 is 0 Å². The number of hydrogen-bond donors (Lipinski definition) is 0. The second-order valence-corrected chi connectivity index (χ2v) is 4.24. The smallest absolute Gasteiger partial charge is 0.418 e. The monoisotopic (exact) mass is 297 g/mol. The molecule has 21 heavy (non-hydrogen) atoms. The van der Waals surface area contributed by atoms with Gasteiger partial charge in [-0.15, -0.1) is 0 Å². The average molecular weight is 297 g/mol. The van der Waals surface area contributed by atoms with Crippen LogP contribution in [0.3, 0.4) is 0 Å². The lowest BCUT2D eigenvalue weighted by Gasteiger charge is -2.01.